The summed E-state index contributed by atoms with van der Waals surface area (Å²) in [5.74, 6) is 1.14. The van der Waals surface area contributed by atoms with Gasteiger partial charge in [-0.2, -0.15) is 4.68 Å². The average Bonchev–Trinajstić information content (AvgIpc) is 2.97. The number of nitrogens with one attached hydrogen (secondary N) is 2. The van der Waals surface area contributed by atoms with E-state index in [1.165, 1.54) is 0 Å². The van der Waals surface area contributed by atoms with Gasteiger partial charge in [-0.15, -0.1) is 5.10 Å². The number of methoxy groups -OCH3 is 1. The van der Waals surface area contributed by atoms with E-state index in [1.807, 2.05) is 48.6 Å². The first-order valence-electron chi connectivity index (χ1n) is 9.63. The second-order valence-corrected chi connectivity index (χ2v) is 7.40. The number of para-hydroxylation sites is 2. The van der Waals surface area contributed by atoms with Crippen LogP contribution in [0, 0.1) is 18.6 Å². The maximum atomic E-state index is 12.7. The molecule has 8 nitrogen and oxygen atoms in total. The van der Waals surface area contributed by atoms with Gasteiger partial charge in [0.15, 0.2) is 13.2 Å². The number of nitrogens with zero attached hydrogens (tertiary/aromatic N) is 4. The Labute approximate surface area is 175 Å². The number of carbonyl (C=O) groups is 1. The van der Waals surface area contributed by atoms with Gasteiger partial charge in [-0.05, 0) is 50.7 Å². The Morgan fingerprint density at radius 3 is 2.79 bits per heavy atom. The number of ether oxygens (including phenoxy) is 1. The van der Waals surface area contributed by atoms with Gasteiger partial charge in [0.05, 0.1) is 19.3 Å². The zero-order valence-corrected chi connectivity index (χ0v) is 18.0. The first-order valence-corrected chi connectivity index (χ1v) is 10.0. The molecule has 3 aromatic rings. The molecule has 0 saturated heterocycles. The first-order chi connectivity index (χ1) is 13.9. The van der Waals surface area contributed by atoms with Gasteiger partial charge < -0.3 is 15.0 Å². The smallest absolute Gasteiger partial charge is 0.279 e. The van der Waals surface area contributed by atoms with Crippen LogP contribution in [0.15, 0.2) is 30.3 Å². The Morgan fingerprint density at radius 1 is 1.31 bits per heavy atom. The Morgan fingerprint density at radius 2 is 2.07 bits per heavy atom. The van der Waals surface area contributed by atoms with Crippen molar-refractivity contribution in [1.82, 2.24) is 19.2 Å². The molecule has 0 bridgehead atoms. The Hall–Kier alpha value is -2.78. The number of hydrogen-bond acceptors (Lipinski definition) is 5. The SMILES string of the molecule is CCC[NH+](CC(=O)Nc1ccccc1OC)Cn1nc2nc(C)cc(C)n2c1=S. The molecular weight excluding hydrogens is 388 g/mol. The van der Waals surface area contributed by atoms with E-state index in [9.17, 15) is 4.79 Å². The Bertz CT molecular complexity index is 1070. The van der Waals surface area contributed by atoms with Gasteiger partial charge in [0, 0.05) is 11.4 Å². The van der Waals surface area contributed by atoms with Gasteiger partial charge in [0.2, 0.25) is 4.77 Å². The van der Waals surface area contributed by atoms with E-state index in [-0.39, 0.29) is 5.91 Å². The first kappa shape index (κ1) is 20.9. The fraction of sp³-hybridized carbons (Fsp3) is 0.400. The lowest BCUT2D eigenvalue weighted by atomic mass is 10.3. The second kappa shape index (κ2) is 9.15. The topological polar surface area (TPSA) is 77.9 Å². The van der Waals surface area contributed by atoms with E-state index in [4.69, 9.17) is 17.0 Å². The number of aryl methyl sites for hydroxylation is 2. The summed E-state index contributed by atoms with van der Waals surface area (Å²) in [6.07, 6.45) is 0.939. The van der Waals surface area contributed by atoms with Gasteiger partial charge in [-0.25, -0.2) is 4.98 Å². The molecule has 1 aromatic carbocycles. The quantitative estimate of drug-likeness (QED) is 0.549. The van der Waals surface area contributed by atoms with Crippen LogP contribution in [-0.2, 0) is 11.5 Å². The minimum Gasteiger partial charge on any atom is -0.495 e. The Kier molecular flexibility index (Phi) is 6.60. The maximum absolute atomic E-state index is 12.7. The summed E-state index contributed by atoms with van der Waals surface area (Å²) < 4.78 is 9.51. The number of anilines is 1. The zero-order chi connectivity index (χ0) is 21.0. The third kappa shape index (κ3) is 4.80. The van der Waals surface area contributed by atoms with Crippen molar-refractivity contribution in [2.75, 3.05) is 25.5 Å². The number of amides is 1. The third-order valence-electron chi connectivity index (χ3n) is 4.64. The molecule has 0 spiro atoms. The summed E-state index contributed by atoms with van der Waals surface area (Å²) in [7, 11) is 1.59. The van der Waals surface area contributed by atoms with Crippen LogP contribution in [0.5, 0.6) is 5.75 Å². The molecule has 1 amide bonds. The molecule has 2 aromatic heterocycles. The van der Waals surface area contributed by atoms with Crippen molar-refractivity contribution < 1.29 is 14.4 Å². The van der Waals surface area contributed by atoms with Crippen LogP contribution in [0.2, 0.25) is 0 Å². The summed E-state index contributed by atoms with van der Waals surface area (Å²) in [6, 6.07) is 9.35. The van der Waals surface area contributed by atoms with E-state index in [0.717, 1.165) is 29.3 Å². The van der Waals surface area contributed by atoms with Gasteiger partial charge >= 0.3 is 0 Å². The van der Waals surface area contributed by atoms with E-state index in [0.29, 0.717) is 35.2 Å². The molecule has 9 heteroatoms. The maximum Gasteiger partial charge on any atom is 0.279 e. The number of fused-ring (bicyclic) bond motifs is 1. The molecule has 0 aliphatic carbocycles. The third-order valence-corrected chi connectivity index (χ3v) is 5.03. The van der Waals surface area contributed by atoms with Crippen LogP contribution in [0.4, 0.5) is 5.69 Å². The molecule has 1 atom stereocenters. The highest BCUT2D eigenvalue weighted by atomic mass is 32.1. The van der Waals surface area contributed by atoms with Crippen molar-refractivity contribution in [3.05, 3.63) is 46.5 Å². The lowest BCUT2D eigenvalue weighted by Gasteiger charge is -2.18. The van der Waals surface area contributed by atoms with Gasteiger partial charge in [0.1, 0.15) is 5.75 Å². The molecule has 2 heterocycles. The van der Waals surface area contributed by atoms with Crippen LogP contribution >= 0.6 is 12.2 Å². The molecule has 1 unspecified atom stereocenters. The van der Waals surface area contributed by atoms with Gasteiger partial charge in [0.25, 0.3) is 11.7 Å². The highest BCUT2D eigenvalue weighted by Crippen LogP contribution is 2.22. The van der Waals surface area contributed by atoms with Crippen LogP contribution < -0.4 is 15.0 Å². The highest BCUT2D eigenvalue weighted by Gasteiger charge is 2.18. The van der Waals surface area contributed by atoms with Crippen LogP contribution in [-0.4, -0.2) is 45.3 Å². The molecule has 154 valence electrons. The van der Waals surface area contributed by atoms with E-state index >= 15 is 0 Å². The number of quaternary nitrogens is 1. The summed E-state index contributed by atoms with van der Waals surface area (Å²) in [5, 5.41) is 7.50. The molecule has 3 rings (SSSR count). The summed E-state index contributed by atoms with van der Waals surface area (Å²) in [4.78, 5) is 18.2. The van der Waals surface area contributed by atoms with Gasteiger partial charge in [-0.1, -0.05) is 19.1 Å². The normalized spacial score (nSPS) is 12.1. The molecular formula is C20H27N6O2S+. The highest BCUT2D eigenvalue weighted by molar-refractivity contribution is 7.71. The van der Waals surface area contributed by atoms with Crippen LogP contribution in [0.25, 0.3) is 5.78 Å². The number of rotatable bonds is 8. The molecule has 0 aliphatic rings. The molecule has 0 saturated carbocycles. The number of carbonyl (C=O) groups excluding carboxylic acids is 1. The predicted octanol–water partition coefficient (Wildman–Crippen LogP) is 1.78. The summed E-state index contributed by atoms with van der Waals surface area (Å²) >= 11 is 5.60. The van der Waals surface area contributed by atoms with Crippen molar-refractivity contribution in [3.63, 3.8) is 0 Å². The van der Waals surface area contributed by atoms with Crippen molar-refractivity contribution in [3.8, 4) is 5.75 Å². The molecule has 0 aliphatic heterocycles. The lowest BCUT2D eigenvalue weighted by molar-refractivity contribution is -0.915. The van der Waals surface area contributed by atoms with Crippen molar-refractivity contribution in [2.45, 2.75) is 33.9 Å². The average molecular weight is 416 g/mol. The van der Waals surface area contributed by atoms with Crippen molar-refractivity contribution in [2.24, 2.45) is 0 Å². The molecule has 29 heavy (non-hydrogen) atoms. The van der Waals surface area contributed by atoms with E-state index < -0.39 is 0 Å². The standard InChI is InChI=1S/C20H26N6O2S/c1-5-10-24(12-18(27)22-16-8-6-7-9-17(16)28-4)13-25-20(29)26-15(3)11-14(2)21-19(26)23-25/h6-9,11H,5,10,12-13H2,1-4H3,(H,22,27)/p+1. The fourth-order valence-corrected chi connectivity index (χ4v) is 3.73. The predicted molar refractivity (Wildman–Crippen MR) is 114 cm³/mol. The monoisotopic (exact) mass is 415 g/mol. The van der Waals surface area contributed by atoms with Crippen molar-refractivity contribution >= 4 is 29.6 Å². The largest absolute Gasteiger partial charge is 0.495 e. The summed E-state index contributed by atoms with van der Waals surface area (Å²) in [6.45, 7) is 7.63. The Balaban J connectivity index is 1.77. The van der Waals surface area contributed by atoms with Crippen LogP contribution in [0.1, 0.15) is 24.7 Å². The minimum atomic E-state index is -0.0848. The van der Waals surface area contributed by atoms with Gasteiger partial charge in [-0.3, -0.25) is 9.20 Å². The number of hydrogen-bond donors (Lipinski definition) is 2. The number of aromatic nitrogens is 4. The second-order valence-electron chi connectivity index (χ2n) is 7.04. The fourth-order valence-electron chi connectivity index (χ4n) is 3.40. The molecule has 0 radical (unpaired) electrons. The number of benzene rings is 1. The summed E-state index contributed by atoms with van der Waals surface area (Å²) in [5.41, 5.74) is 2.56. The molecule has 2 N–H and O–H groups in total. The molecule has 0 fully saturated rings. The minimum absolute atomic E-state index is 0.0848. The van der Waals surface area contributed by atoms with Crippen molar-refractivity contribution in [1.29, 1.82) is 0 Å². The van der Waals surface area contributed by atoms with E-state index in [1.54, 1.807) is 11.8 Å². The van der Waals surface area contributed by atoms with E-state index in [2.05, 4.69) is 22.3 Å². The zero-order valence-electron chi connectivity index (χ0n) is 17.2. The van der Waals surface area contributed by atoms with Crippen LogP contribution in [0.3, 0.4) is 0 Å². The lowest BCUT2D eigenvalue weighted by Crippen LogP contribution is -3.12.